The molecular weight excluding hydrogens is 252 g/mol. The number of nitrogens with one attached hydrogen (secondary N) is 1. The summed E-state index contributed by atoms with van der Waals surface area (Å²) >= 11 is 0. The number of ether oxygens (including phenoxy) is 1. The molecule has 1 aromatic carbocycles. The lowest BCUT2D eigenvalue weighted by Gasteiger charge is -2.08. The normalized spacial score (nSPS) is 18.1. The highest BCUT2D eigenvalue weighted by molar-refractivity contribution is 5.94. The first-order valence-corrected chi connectivity index (χ1v) is 7.44. The van der Waals surface area contributed by atoms with E-state index in [1.165, 1.54) is 5.56 Å². The summed E-state index contributed by atoms with van der Waals surface area (Å²) in [6.07, 6.45) is 4.17. The number of carbonyl (C=O) groups is 1. The predicted octanol–water partition coefficient (Wildman–Crippen LogP) is 1.73. The van der Waals surface area contributed by atoms with Gasteiger partial charge < -0.3 is 15.8 Å². The molecule has 0 aliphatic carbocycles. The second-order valence-electron chi connectivity index (χ2n) is 5.36. The number of benzene rings is 1. The highest BCUT2D eigenvalue weighted by atomic mass is 16.5. The minimum absolute atomic E-state index is 0.00645. The zero-order chi connectivity index (χ0) is 14.2. The van der Waals surface area contributed by atoms with Crippen LogP contribution in [-0.4, -0.2) is 32.2 Å². The van der Waals surface area contributed by atoms with E-state index in [0.29, 0.717) is 12.5 Å². The van der Waals surface area contributed by atoms with Crippen molar-refractivity contribution in [1.29, 1.82) is 0 Å². The SMILES string of the molecule is NCCc1ccc(C(=O)NCCC[C@H]2CCOC2)cc1. The van der Waals surface area contributed by atoms with Crippen molar-refractivity contribution in [3.8, 4) is 0 Å². The zero-order valence-electron chi connectivity index (χ0n) is 11.9. The Morgan fingerprint density at radius 3 is 2.80 bits per heavy atom. The van der Waals surface area contributed by atoms with Gasteiger partial charge in [0.25, 0.3) is 5.91 Å². The Morgan fingerprint density at radius 1 is 1.35 bits per heavy atom. The van der Waals surface area contributed by atoms with E-state index in [4.69, 9.17) is 10.5 Å². The maximum atomic E-state index is 11.9. The molecule has 0 bridgehead atoms. The third kappa shape index (κ3) is 4.62. The van der Waals surface area contributed by atoms with Gasteiger partial charge in [0.2, 0.25) is 0 Å². The highest BCUT2D eigenvalue weighted by Crippen LogP contribution is 2.17. The lowest BCUT2D eigenvalue weighted by atomic mass is 10.0. The summed E-state index contributed by atoms with van der Waals surface area (Å²) in [5.41, 5.74) is 7.39. The highest BCUT2D eigenvalue weighted by Gasteiger charge is 2.14. The second kappa shape index (κ2) is 8.02. The summed E-state index contributed by atoms with van der Waals surface area (Å²) in [4.78, 5) is 11.9. The van der Waals surface area contributed by atoms with Gasteiger partial charge in [0, 0.05) is 25.3 Å². The molecular formula is C16H24N2O2. The molecule has 4 heteroatoms. The van der Waals surface area contributed by atoms with Crippen LogP contribution in [0.5, 0.6) is 0 Å². The van der Waals surface area contributed by atoms with Crippen molar-refractivity contribution in [2.45, 2.75) is 25.7 Å². The summed E-state index contributed by atoms with van der Waals surface area (Å²) in [6.45, 7) is 3.15. The quantitative estimate of drug-likeness (QED) is 0.746. The van der Waals surface area contributed by atoms with Gasteiger partial charge in [-0.25, -0.2) is 0 Å². The fourth-order valence-electron chi connectivity index (χ4n) is 2.50. The Bertz CT molecular complexity index is 411. The molecule has 1 aromatic rings. The van der Waals surface area contributed by atoms with Crippen molar-refractivity contribution < 1.29 is 9.53 Å². The maximum absolute atomic E-state index is 11.9. The van der Waals surface area contributed by atoms with E-state index in [1.54, 1.807) is 0 Å². The third-order valence-corrected chi connectivity index (χ3v) is 3.75. The topological polar surface area (TPSA) is 64.4 Å². The smallest absolute Gasteiger partial charge is 0.251 e. The Labute approximate surface area is 120 Å². The molecule has 0 unspecified atom stereocenters. The van der Waals surface area contributed by atoms with Crippen LogP contribution < -0.4 is 11.1 Å². The van der Waals surface area contributed by atoms with Crippen LogP contribution in [0.4, 0.5) is 0 Å². The van der Waals surface area contributed by atoms with Gasteiger partial charge in [-0.3, -0.25) is 4.79 Å². The fourth-order valence-corrected chi connectivity index (χ4v) is 2.50. The van der Waals surface area contributed by atoms with Gasteiger partial charge in [0.15, 0.2) is 0 Å². The van der Waals surface area contributed by atoms with Crippen molar-refractivity contribution in [3.63, 3.8) is 0 Å². The fraction of sp³-hybridized carbons (Fsp3) is 0.562. The number of hydrogen-bond donors (Lipinski definition) is 2. The molecule has 0 radical (unpaired) electrons. The Kier molecular flexibility index (Phi) is 6.02. The standard InChI is InChI=1S/C16H24N2O2/c17-9-7-13-3-5-15(6-4-13)16(19)18-10-1-2-14-8-11-20-12-14/h3-6,14H,1-2,7-12,17H2,(H,18,19)/t14-/m0/s1. The summed E-state index contributed by atoms with van der Waals surface area (Å²) in [5, 5.41) is 2.97. The molecule has 0 saturated carbocycles. The molecule has 110 valence electrons. The van der Waals surface area contributed by atoms with Crippen molar-refractivity contribution in [3.05, 3.63) is 35.4 Å². The molecule has 1 fully saturated rings. The van der Waals surface area contributed by atoms with Crippen LogP contribution in [0.3, 0.4) is 0 Å². The predicted molar refractivity (Wildman–Crippen MR) is 79.7 cm³/mol. The van der Waals surface area contributed by atoms with Crippen LogP contribution in [0, 0.1) is 5.92 Å². The number of nitrogens with two attached hydrogens (primary N) is 1. The number of amides is 1. The average Bonchev–Trinajstić information content (AvgIpc) is 2.98. The molecule has 4 nitrogen and oxygen atoms in total. The molecule has 1 saturated heterocycles. The van der Waals surface area contributed by atoms with Crippen molar-refractivity contribution in [2.75, 3.05) is 26.3 Å². The number of hydrogen-bond acceptors (Lipinski definition) is 3. The van der Waals surface area contributed by atoms with Crippen molar-refractivity contribution in [1.82, 2.24) is 5.32 Å². The molecule has 2 rings (SSSR count). The zero-order valence-corrected chi connectivity index (χ0v) is 11.9. The molecule has 1 amide bonds. The minimum Gasteiger partial charge on any atom is -0.381 e. The lowest BCUT2D eigenvalue weighted by molar-refractivity contribution is 0.0952. The monoisotopic (exact) mass is 276 g/mol. The van der Waals surface area contributed by atoms with E-state index < -0.39 is 0 Å². The average molecular weight is 276 g/mol. The van der Waals surface area contributed by atoms with Gasteiger partial charge in [-0.15, -0.1) is 0 Å². The first-order valence-electron chi connectivity index (χ1n) is 7.44. The first-order chi connectivity index (χ1) is 9.79. The summed E-state index contributed by atoms with van der Waals surface area (Å²) in [5.74, 6) is 0.689. The van der Waals surface area contributed by atoms with Crippen LogP contribution in [0.1, 0.15) is 35.2 Å². The van der Waals surface area contributed by atoms with Gasteiger partial charge in [-0.05, 0) is 55.8 Å². The molecule has 0 aromatic heterocycles. The van der Waals surface area contributed by atoms with E-state index in [9.17, 15) is 4.79 Å². The Hall–Kier alpha value is -1.39. The molecule has 0 spiro atoms. The minimum atomic E-state index is 0.00645. The van der Waals surface area contributed by atoms with Crippen molar-refractivity contribution >= 4 is 5.91 Å². The van der Waals surface area contributed by atoms with Gasteiger partial charge in [0.1, 0.15) is 0 Å². The summed E-state index contributed by atoms with van der Waals surface area (Å²) in [6, 6.07) is 7.67. The van der Waals surface area contributed by atoms with Crippen LogP contribution in [0.15, 0.2) is 24.3 Å². The van der Waals surface area contributed by atoms with E-state index in [1.807, 2.05) is 24.3 Å². The van der Waals surface area contributed by atoms with Crippen molar-refractivity contribution in [2.24, 2.45) is 11.7 Å². The van der Waals surface area contributed by atoms with Crippen LogP contribution in [-0.2, 0) is 11.2 Å². The Balaban J connectivity index is 1.68. The maximum Gasteiger partial charge on any atom is 0.251 e. The van der Waals surface area contributed by atoms with Gasteiger partial charge in [0.05, 0.1) is 0 Å². The molecule has 1 atom stereocenters. The van der Waals surface area contributed by atoms with E-state index in [2.05, 4.69) is 5.32 Å². The van der Waals surface area contributed by atoms with Gasteiger partial charge in [-0.1, -0.05) is 12.1 Å². The molecule has 3 N–H and O–H groups in total. The van der Waals surface area contributed by atoms with E-state index in [-0.39, 0.29) is 5.91 Å². The molecule has 1 heterocycles. The van der Waals surface area contributed by atoms with Crippen LogP contribution in [0.25, 0.3) is 0 Å². The van der Waals surface area contributed by atoms with E-state index >= 15 is 0 Å². The lowest BCUT2D eigenvalue weighted by Crippen LogP contribution is -2.24. The first kappa shape index (κ1) is 15.0. The summed E-state index contributed by atoms with van der Waals surface area (Å²) < 4.78 is 5.34. The molecule has 20 heavy (non-hydrogen) atoms. The number of rotatable bonds is 7. The van der Waals surface area contributed by atoms with E-state index in [0.717, 1.165) is 51.0 Å². The molecule has 1 aliphatic heterocycles. The van der Waals surface area contributed by atoms with Crippen LogP contribution in [0.2, 0.25) is 0 Å². The molecule has 1 aliphatic rings. The van der Waals surface area contributed by atoms with Gasteiger partial charge in [-0.2, -0.15) is 0 Å². The second-order valence-corrected chi connectivity index (χ2v) is 5.36. The number of carbonyl (C=O) groups excluding carboxylic acids is 1. The third-order valence-electron chi connectivity index (χ3n) is 3.75. The van der Waals surface area contributed by atoms with Gasteiger partial charge >= 0.3 is 0 Å². The largest absolute Gasteiger partial charge is 0.381 e. The van der Waals surface area contributed by atoms with Crippen LogP contribution >= 0.6 is 0 Å². The Morgan fingerprint density at radius 2 is 2.15 bits per heavy atom. The summed E-state index contributed by atoms with van der Waals surface area (Å²) in [7, 11) is 0.